The summed E-state index contributed by atoms with van der Waals surface area (Å²) in [5.74, 6) is -0.214. The number of rotatable bonds is 4. The number of hydrogen-bond acceptors (Lipinski definition) is 3. The molecule has 0 bridgehead atoms. The predicted octanol–water partition coefficient (Wildman–Crippen LogP) is 5.28. The lowest BCUT2D eigenvalue weighted by atomic mass is 10.1. The van der Waals surface area contributed by atoms with Gasteiger partial charge in [-0.05, 0) is 29.5 Å². The number of thiophene rings is 1. The van der Waals surface area contributed by atoms with Gasteiger partial charge in [-0.25, -0.2) is 4.39 Å². The zero-order valence-electron chi connectivity index (χ0n) is 11.0. The van der Waals surface area contributed by atoms with Gasteiger partial charge in [-0.1, -0.05) is 19.1 Å². The molecule has 2 aromatic heterocycles. The van der Waals surface area contributed by atoms with Gasteiger partial charge >= 0.3 is 0 Å². The Morgan fingerprint density at radius 3 is 3.05 bits per heavy atom. The van der Waals surface area contributed by atoms with Crippen LogP contribution in [-0.2, 0) is 0 Å². The van der Waals surface area contributed by atoms with Crippen LogP contribution in [-0.4, -0.2) is 5.78 Å². The number of carbonyl (C=O) groups is 1. The topological polar surface area (TPSA) is 30.2 Å². The van der Waals surface area contributed by atoms with Gasteiger partial charge in [0.2, 0.25) is 0 Å². The van der Waals surface area contributed by atoms with Gasteiger partial charge < -0.3 is 4.42 Å². The first-order chi connectivity index (χ1) is 9.70. The van der Waals surface area contributed by atoms with Crippen molar-refractivity contribution >= 4 is 28.1 Å². The Labute approximate surface area is 119 Å². The van der Waals surface area contributed by atoms with E-state index in [1.54, 1.807) is 12.3 Å². The highest BCUT2D eigenvalue weighted by molar-refractivity contribution is 7.12. The molecule has 2 heterocycles. The van der Waals surface area contributed by atoms with Gasteiger partial charge in [0.05, 0.1) is 11.1 Å². The number of carbonyl (C=O) groups excluding carboxylic acids is 1. The lowest BCUT2D eigenvalue weighted by Gasteiger charge is -1.94. The van der Waals surface area contributed by atoms with Gasteiger partial charge in [-0.2, -0.15) is 0 Å². The first-order valence-corrected chi connectivity index (χ1v) is 7.36. The molecular weight excluding hydrogens is 275 g/mol. The van der Waals surface area contributed by atoms with Crippen LogP contribution >= 0.6 is 11.3 Å². The fourth-order valence-corrected chi connectivity index (χ4v) is 3.10. The van der Waals surface area contributed by atoms with Crippen molar-refractivity contribution in [1.82, 2.24) is 0 Å². The van der Waals surface area contributed by atoms with Crippen LogP contribution in [0.1, 0.15) is 29.4 Å². The Bertz CT molecular complexity index is 770. The molecule has 0 aliphatic carbocycles. The van der Waals surface area contributed by atoms with E-state index in [0.29, 0.717) is 6.42 Å². The standard InChI is InChI=1S/C16H13FO2S/c1-2-4-14(18)15-7-10(9-20-15)12-8-19-16-11(12)5-3-6-13(16)17/h3,5-9H,2,4H2,1H3. The molecule has 20 heavy (non-hydrogen) atoms. The molecule has 1 aromatic carbocycles. The smallest absolute Gasteiger partial charge is 0.172 e. The van der Waals surface area contributed by atoms with E-state index in [4.69, 9.17) is 4.42 Å². The number of benzene rings is 1. The van der Waals surface area contributed by atoms with Crippen LogP contribution in [0.2, 0.25) is 0 Å². The number of fused-ring (bicyclic) bond motifs is 1. The van der Waals surface area contributed by atoms with Gasteiger partial charge in [0.1, 0.15) is 0 Å². The van der Waals surface area contributed by atoms with Crippen molar-refractivity contribution in [1.29, 1.82) is 0 Å². The number of halogens is 1. The zero-order valence-corrected chi connectivity index (χ0v) is 11.8. The number of para-hydroxylation sites is 1. The maximum Gasteiger partial charge on any atom is 0.172 e. The molecule has 3 rings (SSSR count). The molecule has 2 nitrogen and oxygen atoms in total. The second-order valence-electron chi connectivity index (χ2n) is 4.64. The van der Waals surface area contributed by atoms with Crippen molar-refractivity contribution in [2.24, 2.45) is 0 Å². The molecule has 0 amide bonds. The van der Waals surface area contributed by atoms with Crippen LogP contribution in [0.5, 0.6) is 0 Å². The quantitative estimate of drug-likeness (QED) is 0.611. The summed E-state index contributed by atoms with van der Waals surface area (Å²) in [6.07, 6.45) is 2.94. The minimum absolute atomic E-state index is 0.155. The number of Topliss-reactive ketones (excluding diaryl/α,β-unsaturated/α-hetero) is 1. The first-order valence-electron chi connectivity index (χ1n) is 6.48. The highest BCUT2D eigenvalue weighted by atomic mass is 32.1. The van der Waals surface area contributed by atoms with Gasteiger partial charge in [-0.15, -0.1) is 11.3 Å². The number of ketones is 1. The van der Waals surface area contributed by atoms with Crippen LogP contribution in [0.15, 0.2) is 40.3 Å². The van der Waals surface area contributed by atoms with Gasteiger partial charge in [0.15, 0.2) is 17.2 Å². The molecule has 0 aliphatic rings. The second kappa shape index (κ2) is 5.21. The minimum atomic E-state index is -0.369. The average Bonchev–Trinajstić information content (AvgIpc) is 3.05. The van der Waals surface area contributed by atoms with Crippen LogP contribution in [0.3, 0.4) is 0 Å². The molecule has 0 fully saturated rings. The molecule has 0 aliphatic heterocycles. The van der Waals surface area contributed by atoms with Crippen molar-refractivity contribution in [3.05, 3.63) is 46.6 Å². The fraction of sp³-hybridized carbons (Fsp3) is 0.188. The van der Waals surface area contributed by atoms with Crippen molar-refractivity contribution < 1.29 is 13.6 Å². The summed E-state index contributed by atoms with van der Waals surface area (Å²) in [5, 5.41) is 2.65. The van der Waals surface area contributed by atoms with Crippen molar-refractivity contribution in [3.63, 3.8) is 0 Å². The lowest BCUT2D eigenvalue weighted by molar-refractivity contribution is 0.0985. The molecule has 0 atom stereocenters. The molecular formula is C16H13FO2S. The molecule has 0 spiro atoms. The van der Waals surface area contributed by atoms with E-state index in [2.05, 4.69) is 0 Å². The van der Waals surface area contributed by atoms with E-state index in [1.165, 1.54) is 17.4 Å². The third-order valence-electron chi connectivity index (χ3n) is 3.21. The molecule has 102 valence electrons. The monoisotopic (exact) mass is 288 g/mol. The van der Waals surface area contributed by atoms with E-state index >= 15 is 0 Å². The predicted molar refractivity (Wildman–Crippen MR) is 78.7 cm³/mol. The molecule has 0 N–H and O–H groups in total. The van der Waals surface area contributed by atoms with E-state index < -0.39 is 0 Å². The normalized spacial score (nSPS) is 11.1. The average molecular weight is 288 g/mol. The first kappa shape index (κ1) is 13.1. The van der Waals surface area contributed by atoms with Crippen LogP contribution < -0.4 is 0 Å². The summed E-state index contributed by atoms with van der Waals surface area (Å²) in [5.41, 5.74) is 1.99. The summed E-state index contributed by atoms with van der Waals surface area (Å²) in [6.45, 7) is 1.98. The summed E-state index contributed by atoms with van der Waals surface area (Å²) in [4.78, 5) is 12.6. The van der Waals surface area contributed by atoms with Crippen molar-refractivity contribution in [2.75, 3.05) is 0 Å². The third-order valence-corrected chi connectivity index (χ3v) is 4.19. The highest BCUT2D eigenvalue weighted by Crippen LogP contribution is 2.34. The molecule has 0 unspecified atom stereocenters. The van der Waals surface area contributed by atoms with Crippen LogP contribution in [0.4, 0.5) is 4.39 Å². The Hall–Kier alpha value is -1.94. The van der Waals surface area contributed by atoms with Crippen LogP contribution in [0, 0.1) is 5.82 Å². The summed E-state index contributed by atoms with van der Waals surface area (Å²) < 4.78 is 18.9. The second-order valence-corrected chi connectivity index (χ2v) is 5.55. The van der Waals surface area contributed by atoms with Gasteiger partial charge in [0, 0.05) is 17.4 Å². The van der Waals surface area contributed by atoms with Gasteiger partial charge in [-0.3, -0.25) is 4.79 Å². The van der Waals surface area contributed by atoms with E-state index in [-0.39, 0.29) is 17.2 Å². The van der Waals surface area contributed by atoms with E-state index in [9.17, 15) is 9.18 Å². The molecule has 0 saturated heterocycles. The molecule has 0 saturated carbocycles. The summed E-state index contributed by atoms with van der Waals surface area (Å²) in [7, 11) is 0. The largest absolute Gasteiger partial charge is 0.461 e. The molecule has 4 heteroatoms. The Kier molecular flexibility index (Phi) is 3.40. The Morgan fingerprint density at radius 1 is 1.40 bits per heavy atom. The number of furan rings is 1. The van der Waals surface area contributed by atoms with Crippen LogP contribution in [0.25, 0.3) is 22.1 Å². The summed E-state index contributed by atoms with van der Waals surface area (Å²) >= 11 is 1.42. The summed E-state index contributed by atoms with van der Waals surface area (Å²) in [6, 6.07) is 6.71. The third kappa shape index (κ3) is 2.16. The maximum absolute atomic E-state index is 13.6. The maximum atomic E-state index is 13.6. The Balaban J connectivity index is 2.04. The SMILES string of the molecule is CCCC(=O)c1cc(-c2coc3c(F)cccc23)cs1. The highest BCUT2D eigenvalue weighted by Gasteiger charge is 2.14. The van der Waals surface area contributed by atoms with Crippen molar-refractivity contribution in [3.8, 4) is 11.1 Å². The van der Waals surface area contributed by atoms with E-state index in [1.807, 2.05) is 24.4 Å². The minimum Gasteiger partial charge on any atom is -0.461 e. The molecule has 3 aromatic rings. The lowest BCUT2D eigenvalue weighted by Crippen LogP contribution is -1.93. The Morgan fingerprint density at radius 2 is 2.25 bits per heavy atom. The zero-order chi connectivity index (χ0) is 14.1. The van der Waals surface area contributed by atoms with Crippen molar-refractivity contribution in [2.45, 2.75) is 19.8 Å². The van der Waals surface area contributed by atoms with E-state index in [0.717, 1.165) is 27.8 Å². The fourth-order valence-electron chi connectivity index (χ4n) is 2.22. The van der Waals surface area contributed by atoms with Gasteiger partial charge in [0.25, 0.3) is 0 Å². The molecule has 0 radical (unpaired) electrons. The number of hydrogen-bond donors (Lipinski definition) is 0.